The summed E-state index contributed by atoms with van der Waals surface area (Å²) in [5.74, 6) is -1.55. The summed E-state index contributed by atoms with van der Waals surface area (Å²) in [6.07, 6.45) is 1.56. The van der Waals surface area contributed by atoms with E-state index in [9.17, 15) is 14.4 Å². The number of benzene rings is 3. The van der Waals surface area contributed by atoms with E-state index in [1.807, 2.05) is 49.4 Å². The van der Waals surface area contributed by atoms with Crippen LogP contribution in [-0.4, -0.2) is 35.1 Å². The van der Waals surface area contributed by atoms with Gasteiger partial charge in [-0.05, 0) is 55.6 Å². The van der Waals surface area contributed by atoms with Crippen LogP contribution in [0.25, 0.3) is 0 Å². The summed E-state index contributed by atoms with van der Waals surface area (Å²) in [5.41, 5.74) is 1.34. The molecule has 4 heterocycles. The van der Waals surface area contributed by atoms with Gasteiger partial charge in [-0.1, -0.05) is 60.1 Å². The van der Waals surface area contributed by atoms with Crippen molar-refractivity contribution in [3.8, 4) is 0 Å². The molecule has 3 aromatic carbocycles. The fourth-order valence-corrected chi connectivity index (χ4v) is 7.81. The minimum absolute atomic E-state index is 0.199. The molecule has 2 N–H and O–H groups in total. The van der Waals surface area contributed by atoms with Crippen molar-refractivity contribution in [3.63, 3.8) is 0 Å². The molecule has 0 aliphatic carbocycles. The second-order valence-corrected chi connectivity index (χ2v) is 10.6. The molecule has 6 nitrogen and oxygen atoms in total. The summed E-state index contributed by atoms with van der Waals surface area (Å²) < 4.78 is 0. The highest BCUT2D eigenvalue weighted by Crippen LogP contribution is 2.68. The molecule has 0 aromatic heterocycles. The van der Waals surface area contributed by atoms with Crippen LogP contribution in [0.1, 0.15) is 39.9 Å². The Balaban J connectivity index is 1.61. The van der Waals surface area contributed by atoms with Crippen LogP contribution in [0.5, 0.6) is 0 Å². The first-order chi connectivity index (χ1) is 17.4. The third kappa shape index (κ3) is 2.30. The predicted molar refractivity (Wildman–Crippen MR) is 137 cm³/mol. The van der Waals surface area contributed by atoms with Gasteiger partial charge in [0.2, 0.25) is 5.91 Å². The lowest BCUT2D eigenvalue weighted by atomic mass is 9.57. The predicted octanol–water partition coefficient (Wildman–Crippen LogP) is 4.66. The molecule has 180 valence electrons. The third-order valence-electron chi connectivity index (χ3n) is 8.76. The molecule has 36 heavy (non-hydrogen) atoms. The molecular weight excluding hydrogens is 474 g/mol. The van der Waals surface area contributed by atoms with Crippen LogP contribution in [0.3, 0.4) is 0 Å². The van der Waals surface area contributed by atoms with Crippen LogP contribution in [0.15, 0.2) is 66.7 Å². The van der Waals surface area contributed by atoms with Gasteiger partial charge in [0.15, 0.2) is 5.78 Å². The second kappa shape index (κ2) is 7.28. The van der Waals surface area contributed by atoms with Crippen molar-refractivity contribution in [2.24, 2.45) is 5.92 Å². The van der Waals surface area contributed by atoms with Crippen molar-refractivity contribution in [2.45, 2.75) is 36.8 Å². The van der Waals surface area contributed by atoms with E-state index in [-0.39, 0.29) is 23.6 Å². The summed E-state index contributed by atoms with van der Waals surface area (Å²) >= 11 is 6.54. The molecule has 0 saturated carbocycles. The summed E-state index contributed by atoms with van der Waals surface area (Å²) in [4.78, 5) is 45.5. The zero-order valence-corrected chi connectivity index (χ0v) is 20.4. The van der Waals surface area contributed by atoms with Crippen molar-refractivity contribution in [3.05, 3.63) is 94.0 Å². The molecule has 4 aliphatic heterocycles. The van der Waals surface area contributed by atoms with E-state index in [1.54, 1.807) is 24.3 Å². The SMILES string of the molecule is Cc1cccc2c1NC(=O)C21N2CCCC2C(C(=O)c2ccccc2Cl)C12C(=O)Nc1ccccc12. The first kappa shape index (κ1) is 21.8. The fraction of sp³-hybridized carbons (Fsp3) is 0.276. The van der Waals surface area contributed by atoms with Crippen molar-refractivity contribution >= 4 is 40.6 Å². The summed E-state index contributed by atoms with van der Waals surface area (Å²) in [6.45, 7) is 2.57. The third-order valence-corrected chi connectivity index (χ3v) is 9.09. The Labute approximate surface area is 213 Å². The number of hydrogen-bond acceptors (Lipinski definition) is 4. The quantitative estimate of drug-likeness (QED) is 0.505. The van der Waals surface area contributed by atoms with Gasteiger partial charge in [-0.3, -0.25) is 19.3 Å². The van der Waals surface area contributed by atoms with E-state index in [1.165, 1.54) is 0 Å². The second-order valence-electron chi connectivity index (χ2n) is 10.2. The van der Waals surface area contributed by atoms with Gasteiger partial charge in [-0.2, -0.15) is 0 Å². The van der Waals surface area contributed by atoms with Crippen molar-refractivity contribution in [2.75, 3.05) is 17.2 Å². The zero-order valence-electron chi connectivity index (χ0n) is 19.7. The highest BCUT2D eigenvalue weighted by atomic mass is 35.5. The number of hydrogen-bond donors (Lipinski definition) is 2. The minimum Gasteiger partial charge on any atom is -0.325 e. The maximum absolute atomic E-state index is 14.5. The number of anilines is 2. The van der Waals surface area contributed by atoms with E-state index in [2.05, 4.69) is 15.5 Å². The van der Waals surface area contributed by atoms with Gasteiger partial charge >= 0.3 is 0 Å². The molecule has 0 bridgehead atoms. The van der Waals surface area contributed by atoms with Crippen LogP contribution in [0.4, 0.5) is 11.4 Å². The first-order valence-corrected chi connectivity index (χ1v) is 12.7. The van der Waals surface area contributed by atoms with Gasteiger partial charge in [-0.15, -0.1) is 0 Å². The van der Waals surface area contributed by atoms with E-state index >= 15 is 0 Å². The number of fused-ring (bicyclic) bond motifs is 7. The molecule has 7 rings (SSSR count). The number of carbonyl (C=O) groups excluding carboxylic acids is 3. The molecule has 2 spiro atoms. The normalized spacial score (nSPS) is 29.8. The Morgan fingerprint density at radius 2 is 1.69 bits per heavy atom. The zero-order chi connectivity index (χ0) is 24.8. The number of aryl methyl sites for hydroxylation is 1. The average Bonchev–Trinajstić information content (AvgIpc) is 3.59. The van der Waals surface area contributed by atoms with E-state index in [4.69, 9.17) is 11.6 Å². The van der Waals surface area contributed by atoms with Crippen LogP contribution in [0, 0.1) is 12.8 Å². The Kier molecular flexibility index (Phi) is 4.40. The lowest BCUT2D eigenvalue weighted by Crippen LogP contribution is -2.62. The number of amides is 2. The summed E-state index contributed by atoms with van der Waals surface area (Å²) in [7, 11) is 0. The van der Waals surface area contributed by atoms with E-state index < -0.39 is 16.9 Å². The van der Waals surface area contributed by atoms with Gasteiger partial charge in [0.1, 0.15) is 11.0 Å². The number of nitrogens with one attached hydrogen (secondary N) is 2. The lowest BCUT2D eigenvalue weighted by Gasteiger charge is -2.43. The van der Waals surface area contributed by atoms with E-state index in [0.717, 1.165) is 23.2 Å². The Morgan fingerprint density at radius 1 is 0.944 bits per heavy atom. The molecule has 4 unspecified atom stereocenters. The number of carbonyl (C=O) groups is 3. The Hall–Kier alpha value is -3.48. The monoisotopic (exact) mass is 497 g/mol. The van der Waals surface area contributed by atoms with Gasteiger partial charge in [0.25, 0.3) is 5.91 Å². The summed E-state index contributed by atoms with van der Waals surface area (Å²) in [6, 6.07) is 20.0. The van der Waals surface area contributed by atoms with Crippen molar-refractivity contribution in [1.29, 1.82) is 0 Å². The molecule has 4 aliphatic rings. The fourth-order valence-electron chi connectivity index (χ4n) is 7.58. The van der Waals surface area contributed by atoms with Crippen LogP contribution < -0.4 is 10.6 Å². The highest BCUT2D eigenvalue weighted by Gasteiger charge is 2.81. The maximum Gasteiger partial charge on any atom is 0.251 e. The number of ketones is 1. The molecule has 3 aromatic rings. The highest BCUT2D eigenvalue weighted by molar-refractivity contribution is 6.34. The number of Topliss-reactive ketones (excluding diaryl/α,β-unsaturated/α-hetero) is 1. The average molecular weight is 498 g/mol. The van der Waals surface area contributed by atoms with Crippen molar-refractivity contribution in [1.82, 2.24) is 4.90 Å². The number of para-hydroxylation sites is 2. The lowest BCUT2D eigenvalue weighted by molar-refractivity contribution is -0.137. The standard InChI is InChI=1S/C29H24ClN3O3/c1-16-8-6-11-19-24(16)32-27(36)29(19)28(18-10-3-5-13-21(18)31-26(28)35)23(22-14-7-15-33(22)29)25(34)17-9-2-4-12-20(17)30/h2-6,8-13,22-23H,7,14-15H2,1H3,(H,31,35)(H,32,36). The molecule has 2 fully saturated rings. The molecular formula is C29H24ClN3O3. The summed E-state index contributed by atoms with van der Waals surface area (Å²) in [5, 5.41) is 6.53. The van der Waals surface area contributed by atoms with Crippen LogP contribution in [-0.2, 0) is 20.5 Å². The van der Waals surface area contributed by atoms with Crippen LogP contribution in [0.2, 0.25) is 5.02 Å². The molecule has 4 atom stereocenters. The Bertz CT molecular complexity index is 1500. The minimum atomic E-state index is -1.45. The maximum atomic E-state index is 14.5. The number of halogens is 1. The smallest absolute Gasteiger partial charge is 0.251 e. The molecule has 0 radical (unpaired) electrons. The van der Waals surface area contributed by atoms with Gasteiger partial charge in [-0.25, -0.2) is 0 Å². The van der Waals surface area contributed by atoms with Gasteiger partial charge in [0.05, 0.1) is 10.9 Å². The molecule has 7 heteroatoms. The first-order valence-electron chi connectivity index (χ1n) is 12.3. The number of nitrogens with zero attached hydrogens (tertiary/aromatic N) is 1. The molecule has 2 saturated heterocycles. The Morgan fingerprint density at radius 3 is 2.53 bits per heavy atom. The van der Waals surface area contributed by atoms with E-state index in [0.29, 0.717) is 34.8 Å². The van der Waals surface area contributed by atoms with Gasteiger partial charge < -0.3 is 10.6 Å². The topological polar surface area (TPSA) is 78.5 Å². The molecule has 2 amide bonds. The van der Waals surface area contributed by atoms with Crippen molar-refractivity contribution < 1.29 is 14.4 Å². The van der Waals surface area contributed by atoms with Crippen LogP contribution >= 0.6 is 11.6 Å². The number of rotatable bonds is 2. The largest absolute Gasteiger partial charge is 0.325 e. The van der Waals surface area contributed by atoms with Gasteiger partial charge in [0, 0.05) is 28.5 Å².